The molecule has 0 atom stereocenters. The van der Waals surface area contributed by atoms with Crippen molar-refractivity contribution in [1.29, 1.82) is 0 Å². The second kappa shape index (κ2) is 4.31. The lowest BCUT2D eigenvalue weighted by molar-refractivity contribution is 1.52. The van der Waals surface area contributed by atoms with E-state index in [0.29, 0.717) is 0 Å². The fourth-order valence-corrected chi connectivity index (χ4v) is 4.61. The zero-order valence-electron chi connectivity index (χ0n) is 12.3. The molecule has 0 unspecified atom stereocenters. The third-order valence-corrected chi connectivity index (χ3v) is 5.61. The van der Waals surface area contributed by atoms with Crippen LogP contribution < -0.4 is 0 Å². The Morgan fingerprint density at radius 2 is 1.41 bits per heavy atom. The molecule has 4 aromatic carbocycles. The molecule has 22 heavy (non-hydrogen) atoms. The van der Waals surface area contributed by atoms with Gasteiger partial charge < -0.3 is 0 Å². The summed E-state index contributed by atoms with van der Waals surface area (Å²) in [6, 6.07) is 24.6. The molecule has 0 aliphatic carbocycles. The number of rotatable bonds is 0. The lowest BCUT2D eigenvalue weighted by Gasteiger charge is -2.04. The molecule has 1 heteroatoms. The van der Waals surface area contributed by atoms with Gasteiger partial charge in [-0.1, -0.05) is 48.5 Å². The molecule has 0 N–H and O–H groups in total. The van der Waals surface area contributed by atoms with Gasteiger partial charge in [-0.05, 0) is 52.2 Å². The van der Waals surface area contributed by atoms with Crippen molar-refractivity contribution < 1.29 is 0 Å². The summed E-state index contributed by atoms with van der Waals surface area (Å²) < 4.78 is 2.76. The summed E-state index contributed by atoms with van der Waals surface area (Å²) in [5.74, 6) is 0. The van der Waals surface area contributed by atoms with Gasteiger partial charge in [-0.2, -0.15) is 0 Å². The summed E-state index contributed by atoms with van der Waals surface area (Å²) in [7, 11) is 0. The SMILES string of the molecule is Cc1ccc2c(c1)sc1cc3c(ccc4ccccc43)cc12. The van der Waals surface area contributed by atoms with Crippen LogP contribution in [0.5, 0.6) is 0 Å². The number of aryl methyl sites for hydroxylation is 1. The van der Waals surface area contributed by atoms with E-state index in [0.717, 1.165) is 0 Å². The molecule has 0 aliphatic rings. The third-order valence-electron chi connectivity index (χ3n) is 4.49. The van der Waals surface area contributed by atoms with Crippen molar-refractivity contribution in [2.45, 2.75) is 6.92 Å². The lowest BCUT2D eigenvalue weighted by atomic mass is 10.00. The van der Waals surface area contributed by atoms with Crippen LogP contribution in [-0.4, -0.2) is 0 Å². The standard InChI is InChI=1S/C21H14S/c1-13-6-9-17-19-11-15-8-7-14-4-2-3-5-16(14)18(15)12-21(19)22-20(17)10-13/h2-12H,1H3. The monoisotopic (exact) mass is 298 g/mol. The average molecular weight is 298 g/mol. The Labute approximate surface area is 132 Å². The molecule has 1 aromatic heterocycles. The van der Waals surface area contributed by atoms with Crippen LogP contribution in [0.4, 0.5) is 0 Å². The van der Waals surface area contributed by atoms with Crippen molar-refractivity contribution in [3.05, 3.63) is 72.3 Å². The number of benzene rings is 4. The van der Waals surface area contributed by atoms with Crippen LogP contribution in [0.25, 0.3) is 41.7 Å². The zero-order valence-corrected chi connectivity index (χ0v) is 13.1. The summed E-state index contributed by atoms with van der Waals surface area (Å²) in [4.78, 5) is 0. The van der Waals surface area contributed by atoms with Crippen molar-refractivity contribution in [1.82, 2.24) is 0 Å². The minimum Gasteiger partial charge on any atom is -0.135 e. The first-order valence-corrected chi connectivity index (χ1v) is 8.36. The van der Waals surface area contributed by atoms with Gasteiger partial charge in [0, 0.05) is 20.2 Å². The van der Waals surface area contributed by atoms with E-state index >= 15 is 0 Å². The summed E-state index contributed by atoms with van der Waals surface area (Å²) in [6.07, 6.45) is 0. The Bertz CT molecular complexity index is 1180. The first-order valence-electron chi connectivity index (χ1n) is 7.54. The summed E-state index contributed by atoms with van der Waals surface area (Å²) >= 11 is 1.90. The van der Waals surface area contributed by atoms with Gasteiger partial charge in [0.25, 0.3) is 0 Å². The molecule has 0 saturated heterocycles. The highest BCUT2D eigenvalue weighted by molar-refractivity contribution is 7.25. The molecule has 0 spiro atoms. The maximum absolute atomic E-state index is 2.37. The highest BCUT2D eigenvalue weighted by Gasteiger charge is 2.08. The number of thiophene rings is 1. The summed E-state index contributed by atoms with van der Waals surface area (Å²) in [6.45, 7) is 2.16. The maximum Gasteiger partial charge on any atom is 0.0362 e. The van der Waals surface area contributed by atoms with Gasteiger partial charge in [-0.25, -0.2) is 0 Å². The molecule has 0 fully saturated rings. The largest absolute Gasteiger partial charge is 0.135 e. The van der Waals surface area contributed by atoms with Gasteiger partial charge >= 0.3 is 0 Å². The highest BCUT2D eigenvalue weighted by Crippen LogP contribution is 2.38. The molecule has 0 saturated carbocycles. The predicted octanol–water partition coefficient (Wildman–Crippen LogP) is 6.67. The predicted molar refractivity (Wildman–Crippen MR) is 99.1 cm³/mol. The van der Waals surface area contributed by atoms with Crippen molar-refractivity contribution in [3.63, 3.8) is 0 Å². The van der Waals surface area contributed by atoms with Crippen molar-refractivity contribution in [2.24, 2.45) is 0 Å². The third kappa shape index (κ3) is 1.63. The molecular weight excluding hydrogens is 284 g/mol. The zero-order chi connectivity index (χ0) is 14.7. The molecule has 0 amide bonds. The fourth-order valence-electron chi connectivity index (χ4n) is 3.38. The molecule has 0 radical (unpaired) electrons. The van der Waals surface area contributed by atoms with Gasteiger partial charge in [0.05, 0.1) is 0 Å². The van der Waals surface area contributed by atoms with E-state index in [-0.39, 0.29) is 0 Å². The molecule has 0 bridgehead atoms. The normalized spacial score (nSPS) is 11.9. The van der Waals surface area contributed by atoms with E-state index in [2.05, 4.69) is 73.7 Å². The maximum atomic E-state index is 2.37. The molecule has 5 rings (SSSR count). The quantitative estimate of drug-likeness (QED) is 0.280. The number of hydrogen-bond donors (Lipinski definition) is 0. The Morgan fingerprint density at radius 3 is 2.36 bits per heavy atom. The lowest BCUT2D eigenvalue weighted by Crippen LogP contribution is -1.77. The molecule has 104 valence electrons. The summed E-state index contributed by atoms with van der Waals surface area (Å²) in [5.41, 5.74) is 1.33. The van der Waals surface area contributed by atoms with Gasteiger partial charge in [0.2, 0.25) is 0 Å². The molecule has 0 nitrogen and oxygen atoms in total. The minimum atomic E-state index is 1.31. The van der Waals surface area contributed by atoms with Crippen LogP contribution in [0.3, 0.4) is 0 Å². The molecule has 5 aromatic rings. The van der Waals surface area contributed by atoms with E-state index in [1.807, 2.05) is 11.3 Å². The van der Waals surface area contributed by atoms with Crippen molar-refractivity contribution in [2.75, 3.05) is 0 Å². The first kappa shape index (κ1) is 12.2. The van der Waals surface area contributed by atoms with Crippen molar-refractivity contribution >= 4 is 53.1 Å². The second-order valence-electron chi connectivity index (χ2n) is 5.96. The Hall–Kier alpha value is -2.38. The van der Waals surface area contributed by atoms with Crippen LogP contribution in [0.2, 0.25) is 0 Å². The second-order valence-corrected chi connectivity index (χ2v) is 7.04. The van der Waals surface area contributed by atoms with E-state index in [4.69, 9.17) is 0 Å². The van der Waals surface area contributed by atoms with E-state index in [9.17, 15) is 0 Å². The topological polar surface area (TPSA) is 0 Å². The number of fused-ring (bicyclic) bond motifs is 6. The van der Waals surface area contributed by atoms with Crippen LogP contribution in [-0.2, 0) is 0 Å². The fraction of sp³-hybridized carbons (Fsp3) is 0.0476. The summed E-state index contributed by atoms with van der Waals surface area (Å²) in [5, 5.41) is 8.09. The van der Waals surface area contributed by atoms with E-state index < -0.39 is 0 Å². The van der Waals surface area contributed by atoms with Gasteiger partial charge in [-0.3, -0.25) is 0 Å². The number of hydrogen-bond acceptors (Lipinski definition) is 1. The van der Waals surface area contributed by atoms with E-state index in [1.54, 1.807) is 0 Å². The average Bonchev–Trinajstić information content (AvgIpc) is 2.89. The van der Waals surface area contributed by atoms with Gasteiger partial charge in [0.15, 0.2) is 0 Å². The van der Waals surface area contributed by atoms with Crippen molar-refractivity contribution in [3.8, 4) is 0 Å². The van der Waals surface area contributed by atoms with Gasteiger partial charge in [-0.15, -0.1) is 11.3 Å². The van der Waals surface area contributed by atoms with Crippen LogP contribution >= 0.6 is 11.3 Å². The Kier molecular flexibility index (Phi) is 2.39. The molecule has 1 heterocycles. The minimum absolute atomic E-state index is 1.31. The molecule has 0 aliphatic heterocycles. The first-order chi connectivity index (χ1) is 10.8. The highest BCUT2D eigenvalue weighted by atomic mass is 32.1. The van der Waals surface area contributed by atoms with Crippen LogP contribution in [0, 0.1) is 6.92 Å². The molecular formula is C21H14S. The Morgan fingerprint density at radius 1 is 0.591 bits per heavy atom. The van der Waals surface area contributed by atoms with Crippen LogP contribution in [0.15, 0.2) is 66.7 Å². The van der Waals surface area contributed by atoms with Gasteiger partial charge in [0.1, 0.15) is 0 Å². The Balaban J connectivity index is 2.00. The van der Waals surface area contributed by atoms with Crippen LogP contribution in [0.1, 0.15) is 5.56 Å². The van der Waals surface area contributed by atoms with E-state index in [1.165, 1.54) is 47.3 Å². The smallest absolute Gasteiger partial charge is 0.0362 e.